The highest BCUT2D eigenvalue weighted by Gasteiger charge is 2.47. The molecule has 4 nitrogen and oxygen atoms in total. The summed E-state index contributed by atoms with van der Waals surface area (Å²) < 4.78 is 0. The van der Waals surface area contributed by atoms with E-state index in [9.17, 15) is 9.59 Å². The molecule has 1 saturated carbocycles. The van der Waals surface area contributed by atoms with Crippen LogP contribution < -0.4 is 5.32 Å². The molecule has 0 bridgehead atoms. The summed E-state index contributed by atoms with van der Waals surface area (Å²) >= 11 is 0. The molecular weight excluding hydrogens is 194 g/mol. The number of carbonyl (C=O) groups excluding carboxylic acids is 1. The summed E-state index contributed by atoms with van der Waals surface area (Å²) in [5, 5.41) is 11.5. The van der Waals surface area contributed by atoms with Crippen LogP contribution in [-0.4, -0.2) is 23.0 Å². The summed E-state index contributed by atoms with van der Waals surface area (Å²) in [5.74, 6) is -0.344. The number of hydrogen-bond acceptors (Lipinski definition) is 2. The molecule has 0 aromatic carbocycles. The molecule has 0 saturated heterocycles. The molecule has 2 N–H and O–H groups in total. The van der Waals surface area contributed by atoms with Crippen LogP contribution in [0.2, 0.25) is 0 Å². The van der Waals surface area contributed by atoms with E-state index < -0.39 is 5.97 Å². The van der Waals surface area contributed by atoms with Crippen molar-refractivity contribution in [2.24, 2.45) is 11.3 Å². The Kier molecular flexibility index (Phi) is 3.37. The van der Waals surface area contributed by atoms with Gasteiger partial charge < -0.3 is 10.4 Å². The van der Waals surface area contributed by atoms with E-state index in [1.165, 1.54) is 6.92 Å². The van der Waals surface area contributed by atoms with Crippen LogP contribution in [0, 0.1) is 11.3 Å². The standard InChI is InChI=1S/C11H19NO3/c1-7(13)12-9-6-8(11(9,2)3)4-5-10(14)15/h8-9H,4-6H2,1-3H3,(H,12,13)(H,14,15)/t8-,9+/m1/s1. The topological polar surface area (TPSA) is 66.4 Å². The lowest BCUT2D eigenvalue weighted by atomic mass is 9.57. The molecule has 1 amide bonds. The van der Waals surface area contributed by atoms with Crippen LogP contribution in [0.4, 0.5) is 0 Å². The Labute approximate surface area is 90.0 Å². The SMILES string of the molecule is CC(=O)N[C@H]1C[C@@H](CCC(=O)O)C1(C)C. The van der Waals surface area contributed by atoms with Crippen LogP contribution >= 0.6 is 0 Å². The number of carbonyl (C=O) groups is 2. The minimum atomic E-state index is -0.742. The lowest BCUT2D eigenvalue weighted by Crippen LogP contribution is -2.57. The zero-order chi connectivity index (χ0) is 11.6. The van der Waals surface area contributed by atoms with Crippen molar-refractivity contribution in [3.63, 3.8) is 0 Å². The maximum absolute atomic E-state index is 10.9. The van der Waals surface area contributed by atoms with Crippen LogP contribution in [0.1, 0.15) is 40.0 Å². The van der Waals surface area contributed by atoms with Gasteiger partial charge in [0.2, 0.25) is 5.91 Å². The molecule has 15 heavy (non-hydrogen) atoms. The maximum Gasteiger partial charge on any atom is 0.303 e. The molecule has 1 rings (SSSR count). The molecule has 2 atom stereocenters. The fourth-order valence-electron chi connectivity index (χ4n) is 2.29. The second-order valence-corrected chi connectivity index (χ2v) is 4.94. The van der Waals surface area contributed by atoms with Crippen molar-refractivity contribution in [1.82, 2.24) is 5.32 Å². The smallest absolute Gasteiger partial charge is 0.303 e. The van der Waals surface area contributed by atoms with E-state index in [-0.39, 0.29) is 23.8 Å². The summed E-state index contributed by atoms with van der Waals surface area (Å²) in [6.45, 7) is 5.69. The Morgan fingerprint density at radius 1 is 1.47 bits per heavy atom. The summed E-state index contributed by atoms with van der Waals surface area (Å²) in [7, 11) is 0. The van der Waals surface area contributed by atoms with E-state index in [1.807, 2.05) is 0 Å². The first-order chi connectivity index (χ1) is 6.84. The fourth-order valence-corrected chi connectivity index (χ4v) is 2.29. The average molecular weight is 213 g/mol. The van der Waals surface area contributed by atoms with Crippen LogP contribution in [-0.2, 0) is 9.59 Å². The van der Waals surface area contributed by atoms with Gasteiger partial charge in [-0.25, -0.2) is 0 Å². The molecule has 0 unspecified atom stereocenters. The number of nitrogens with one attached hydrogen (secondary N) is 1. The number of hydrogen-bond donors (Lipinski definition) is 2. The van der Waals surface area contributed by atoms with Gasteiger partial charge in [0.1, 0.15) is 0 Å². The monoisotopic (exact) mass is 213 g/mol. The van der Waals surface area contributed by atoms with Crippen LogP contribution in [0.3, 0.4) is 0 Å². The molecule has 0 radical (unpaired) electrons. The van der Waals surface area contributed by atoms with Gasteiger partial charge in [-0.1, -0.05) is 13.8 Å². The third-order valence-electron chi connectivity index (χ3n) is 3.55. The minimum absolute atomic E-state index is 0.00948. The first-order valence-corrected chi connectivity index (χ1v) is 5.33. The number of carboxylic acids is 1. The largest absolute Gasteiger partial charge is 0.481 e. The number of rotatable bonds is 4. The molecule has 0 spiro atoms. The lowest BCUT2D eigenvalue weighted by molar-refractivity contribution is -0.138. The van der Waals surface area contributed by atoms with Crippen molar-refractivity contribution < 1.29 is 14.7 Å². The van der Waals surface area contributed by atoms with Crippen LogP contribution in [0.5, 0.6) is 0 Å². The Hall–Kier alpha value is -1.06. The minimum Gasteiger partial charge on any atom is -0.481 e. The lowest BCUT2D eigenvalue weighted by Gasteiger charge is -2.52. The molecule has 1 aliphatic rings. The molecule has 0 aliphatic heterocycles. The maximum atomic E-state index is 10.9. The predicted molar refractivity (Wildman–Crippen MR) is 56.4 cm³/mol. The Morgan fingerprint density at radius 3 is 2.47 bits per heavy atom. The molecule has 4 heteroatoms. The molecule has 1 fully saturated rings. The molecule has 1 aliphatic carbocycles. The normalized spacial score (nSPS) is 27.9. The van der Waals surface area contributed by atoms with Gasteiger partial charge in [-0.05, 0) is 24.2 Å². The quantitative estimate of drug-likeness (QED) is 0.741. The predicted octanol–water partition coefficient (Wildman–Crippen LogP) is 1.40. The first-order valence-electron chi connectivity index (χ1n) is 5.33. The second-order valence-electron chi connectivity index (χ2n) is 4.94. The van der Waals surface area contributed by atoms with Crippen molar-refractivity contribution in [3.05, 3.63) is 0 Å². The highest BCUT2D eigenvalue weighted by molar-refractivity contribution is 5.73. The van der Waals surface area contributed by atoms with Gasteiger partial charge >= 0.3 is 5.97 Å². The average Bonchev–Trinajstić information content (AvgIpc) is 2.09. The van der Waals surface area contributed by atoms with Gasteiger partial charge in [0, 0.05) is 19.4 Å². The van der Waals surface area contributed by atoms with E-state index in [4.69, 9.17) is 5.11 Å². The van der Waals surface area contributed by atoms with E-state index in [1.54, 1.807) is 0 Å². The number of carboxylic acid groups (broad SMARTS) is 1. The third-order valence-corrected chi connectivity index (χ3v) is 3.55. The van der Waals surface area contributed by atoms with Crippen LogP contribution in [0.15, 0.2) is 0 Å². The zero-order valence-corrected chi connectivity index (χ0v) is 9.54. The van der Waals surface area contributed by atoms with E-state index in [0.29, 0.717) is 12.3 Å². The van der Waals surface area contributed by atoms with Gasteiger partial charge in [-0.15, -0.1) is 0 Å². The second kappa shape index (κ2) is 4.21. The van der Waals surface area contributed by atoms with Crippen molar-refractivity contribution in [2.75, 3.05) is 0 Å². The Bertz CT molecular complexity index is 273. The Balaban J connectivity index is 2.41. The molecule has 0 heterocycles. The molecule has 86 valence electrons. The molecule has 0 aromatic heterocycles. The Morgan fingerprint density at radius 2 is 2.07 bits per heavy atom. The van der Waals surface area contributed by atoms with E-state index in [2.05, 4.69) is 19.2 Å². The fraction of sp³-hybridized carbons (Fsp3) is 0.818. The van der Waals surface area contributed by atoms with Crippen molar-refractivity contribution >= 4 is 11.9 Å². The number of amides is 1. The third kappa shape index (κ3) is 2.70. The number of aliphatic carboxylic acids is 1. The van der Waals surface area contributed by atoms with Gasteiger partial charge in [0.15, 0.2) is 0 Å². The highest BCUT2D eigenvalue weighted by atomic mass is 16.4. The van der Waals surface area contributed by atoms with Gasteiger partial charge in [0.05, 0.1) is 0 Å². The highest BCUT2D eigenvalue weighted by Crippen LogP contribution is 2.48. The summed E-state index contributed by atoms with van der Waals surface area (Å²) in [6, 6.07) is 0.203. The van der Waals surface area contributed by atoms with Gasteiger partial charge in [0.25, 0.3) is 0 Å². The van der Waals surface area contributed by atoms with E-state index in [0.717, 1.165) is 6.42 Å². The van der Waals surface area contributed by atoms with Crippen molar-refractivity contribution in [3.8, 4) is 0 Å². The zero-order valence-electron chi connectivity index (χ0n) is 9.54. The summed E-state index contributed by atoms with van der Waals surface area (Å²) in [6.07, 6.45) is 1.83. The summed E-state index contributed by atoms with van der Waals surface area (Å²) in [4.78, 5) is 21.3. The first kappa shape index (κ1) is 12.0. The van der Waals surface area contributed by atoms with E-state index >= 15 is 0 Å². The molecular formula is C11H19NO3. The van der Waals surface area contributed by atoms with Gasteiger partial charge in [-0.3, -0.25) is 9.59 Å². The summed E-state index contributed by atoms with van der Waals surface area (Å²) in [5.41, 5.74) is 0.0289. The van der Waals surface area contributed by atoms with Gasteiger partial charge in [-0.2, -0.15) is 0 Å². The molecule has 0 aromatic rings. The van der Waals surface area contributed by atoms with Crippen molar-refractivity contribution in [2.45, 2.75) is 46.1 Å². The van der Waals surface area contributed by atoms with Crippen molar-refractivity contribution in [1.29, 1.82) is 0 Å². The van der Waals surface area contributed by atoms with Crippen LogP contribution in [0.25, 0.3) is 0 Å².